The molecule has 1 aromatic carbocycles. The number of amides is 1. The fraction of sp³-hybridized carbons (Fsp3) is 0.100. The Morgan fingerprint density at radius 3 is 2.53 bits per heavy atom. The highest BCUT2D eigenvalue weighted by Crippen LogP contribution is 2.15. The molecular formula is C10H10N4O4S. The minimum Gasteiger partial charge on any atom is -0.410 e. The fourth-order valence-electron chi connectivity index (χ4n) is 1.55. The highest BCUT2D eigenvalue weighted by atomic mass is 32.2. The van der Waals surface area contributed by atoms with E-state index in [9.17, 15) is 13.2 Å². The molecule has 2 rings (SSSR count). The molecule has 0 spiro atoms. The molecule has 0 saturated carbocycles. The molecule has 0 fully saturated rings. The van der Waals surface area contributed by atoms with E-state index in [1.807, 2.05) is 0 Å². The van der Waals surface area contributed by atoms with Crippen LogP contribution in [0.2, 0.25) is 0 Å². The van der Waals surface area contributed by atoms with Gasteiger partial charge in [0.05, 0.1) is 6.54 Å². The largest absolute Gasteiger partial charge is 0.410 e. The SMILES string of the molecule is NC1=NS(=O)(=O)N(Cc2ccccc2)C(=O)/C1=N\O. The van der Waals surface area contributed by atoms with Crippen LogP contribution in [0.1, 0.15) is 5.56 Å². The quantitative estimate of drug-likeness (QED) is 0.556. The second-order valence-corrected chi connectivity index (χ2v) is 5.22. The Bertz CT molecular complexity index is 666. The molecule has 0 bridgehead atoms. The first kappa shape index (κ1) is 13.0. The zero-order chi connectivity index (χ0) is 14.0. The van der Waals surface area contributed by atoms with Gasteiger partial charge >= 0.3 is 10.2 Å². The van der Waals surface area contributed by atoms with Gasteiger partial charge in [-0.2, -0.15) is 8.42 Å². The molecule has 0 saturated heterocycles. The Morgan fingerprint density at radius 1 is 1.32 bits per heavy atom. The lowest BCUT2D eigenvalue weighted by molar-refractivity contribution is -0.120. The first-order valence-corrected chi connectivity index (χ1v) is 6.54. The van der Waals surface area contributed by atoms with E-state index in [2.05, 4.69) is 9.55 Å². The van der Waals surface area contributed by atoms with E-state index in [0.717, 1.165) is 0 Å². The van der Waals surface area contributed by atoms with E-state index in [1.165, 1.54) is 0 Å². The number of hydrogen-bond donors (Lipinski definition) is 2. The molecule has 3 N–H and O–H groups in total. The summed E-state index contributed by atoms with van der Waals surface area (Å²) in [6.45, 7) is -0.211. The normalized spacial score (nSPS) is 20.4. The molecule has 100 valence electrons. The van der Waals surface area contributed by atoms with Crippen molar-refractivity contribution < 1.29 is 18.4 Å². The number of carbonyl (C=O) groups is 1. The van der Waals surface area contributed by atoms with Gasteiger partial charge in [-0.3, -0.25) is 4.79 Å². The van der Waals surface area contributed by atoms with Crippen LogP contribution in [0.5, 0.6) is 0 Å². The summed E-state index contributed by atoms with van der Waals surface area (Å²) >= 11 is 0. The van der Waals surface area contributed by atoms with E-state index in [-0.39, 0.29) is 6.54 Å². The van der Waals surface area contributed by atoms with Gasteiger partial charge in [0.15, 0.2) is 5.84 Å². The lowest BCUT2D eigenvalue weighted by atomic mass is 10.2. The fourth-order valence-corrected chi connectivity index (χ4v) is 2.59. The molecule has 19 heavy (non-hydrogen) atoms. The summed E-state index contributed by atoms with van der Waals surface area (Å²) in [5, 5.41) is 11.3. The number of nitrogens with zero attached hydrogens (tertiary/aromatic N) is 3. The Hall–Kier alpha value is -2.42. The van der Waals surface area contributed by atoms with E-state index in [1.54, 1.807) is 30.3 Å². The average molecular weight is 282 g/mol. The zero-order valence-corrected chi connectivity index (χ0v) is 10.4. The number of hydrogen-bond acceptors (Lipinski definition) is 6. The Kier molecular flexibility index (Phi) is 3.21. The first-order valence-electron chi connectivity index (χ1n) is 5.14. The number of benzene rings is 1. The maximum Gasteiger partial charge on any atom is 0.349 e. The summed E-state index contributed by atoms with van der Waals surface area (Å²) in [7, 11) is -4.21. The van der Waals surface area contributed by atoms with E-state index in [4.69, 9.17) is 10.9 Å². The smallest absolute Gasteiger partial charge is 0.349 e. The van der Waals surface area contributed by atoms with Gasteiger partial charge in [0, 0.05) is 0 Å². The number of oxime groups is 1. The Balaban J connectivity index is 2.42. The molecular weight excluding hydrogens is 272 g/mol. The van der Waals surface area contributed by atoms with Gasteiger partial charge in [-0.25, -0.2) is 4.31 Å². The van der Waals surface area contributed by atoms with Gasteiger partial charge < -0.3 is 10.9 Å². The van der Waals surface area contributed by atoms with E-state index in [0.29, 0.717) is 9.87 Å². The van der Waals surface area contributed by atoms with Crippen molar-refractivity contribution in [3.63, 3.8) is 0 Å². The van der Waals surface area contributed by atoms with Gasteiger partial charge in [0.1, 0.15) is 0 Å². The molecule has 0 aliphatic carbocycles. The third-order valence-corrected chi connectivity index (χ3v) is 3.71. The molecule has 1 aliphatic heterocycles. The summed E-state index contributed by atoms with van der Waals surface area (Å²) < 4.78 is 27.2. The minimum atomic E-state index is -4.21. The predicted molar refractivity (Wildman–Crippen MR) is 66.8 cm³/mol. The third-order valence-electron chi connectivity index (χ3n) is 2.43. The highest BCUT2D eigenvalue weighted by molar-refractivity contribution is 7.88. The van der Waals surface area contributed by atoms with Gasteiger partial charge in [0.25, 0.3) is 5.91 Å². The Labute approximate surface area is 109 Å². The van der Waals surface area contributed by atoms with Crippen LogP contribution in [0.3, 0.4) is 0 Å². The van der Waals surface area contributed by atoms with Crippen LogP contribution in [0, 0.1) is 0 Å². The molecule has 1 amide bonds. The van der Waals surface area contributed by atoms with Crippen LogP contribution in [0.4, 0.5) is 0 Å². The number of amidine groups is 1. The van der Waals surface area contributed by atoms with Crippen molar-refractivity contribution in [1.29, 1.82) is 0 Å². The molecule has 0 atom stereocenters. The summed E-state index contributed by atoms with van der Waals surface area (Å²) in [5.41, 5.74) is 5.24. The first-order chi connectivity index (χ1) is 8.95. The average Bonchev–Trinajstić information content (AvgIpc) is 2.35. The van der Waals surface area contributed by atoms with Crippen molar-refractivity contribution in [2.75, 3.05) is 0 Å². The third kappa shape index (κ3) is 2.40. The summed E-state index contributed by atoms with van der Waals surface area (Å²) in [4.78, 5) is 11.9. The standard InChI is InChI=1S/C10H10N4O4S/c11-9-8(12-16)10(15)14(19(17,18)13-9)6-7-4-2-1-3-5-7/h1-5,16H,6H2,(H2,11,13)/b12-8-. The maximum absolute atomic E-state index is 11.9. The minimum absolute atomic E-state index is 0.211. The molecule has 0 aromatic heterocycles. The van der Waals surface area contributed by atoms with Crippen LogP contribution in [-0.4, -0.2) is 35.4 Å². The molecule has 9 heteroatoms. The van der Waals surface area contributed by atoms with Gasteiger partial charge in [0.2, 0.25) is 5.71 Å². The number of rotatable bonds is 2. The second-order valence-electron chi connectivity index (χ2n) is 3.70. The molecule has 0 radical (unpaired) electrons. The molecule has 1 aliphatic rings. The number of carbonyl (C=O) groups excluding carboxylic acids is 1. The van der Waals surface area contributed by atoms with Crippen LogP contribution in [-0.2, 0) is 21.5 Å². The van der Waals surface area contributed by atoms with E-state index >= 15 is 0 Å². The summed E-state index contributed by atoms with van der Waals surface area (Å²) in [6, 6.07) is 8.47. The van der Waals surface area contributed by atoms with Gasteiger partial charge in [-0.1, -0.05) is 35.5 Å². The monoisotopic (exact) mass is 282 g/mol. The molecule has 1 aromatic rings. The van der Waals surface area contributed by atoms with Crippen LogP contribution >= 0.6 is 0 Å². The summed E-state index contributed by atoms with van der Waals surface area (Å²) in [6.07, 6.45) is 0. The molecule has 0 unspecified atom stereocenters. The van der Waals surface area contributed by atoms with Crippen molar-refractivity contribution in [2.45, 2.75) is 6.54 Å². The van der Waals surface area contributed by atoms with Crippen molar-refractivity contribution in [1.82, 2.24) is 4.31 Å². The number of nitrogens with two attached hydrogens (primary N) is 1. The van der Waals surface area contributed by atoms with Crippen molar-refractivity contribution in [3.8, 4) is 0 Å². The van der Waals surface area contributed by atoms with Crippen molar-refractivity contribution >= 4 is 27.7 Å². The maximum atomic E-state index is 11.9. The van der Waals surface area contributed by atoms with Gasteiger partial charge in [-0.05, 0) is 5.56 Å². The molecule has 1 heterocycles. The van der Waals surface area contributed by atoms with Gasteiger partial charge in [-0.15, -0.1) is 4.40 Å². The highest BCUT2D eigenvalue weighted by Gasteiger charge is 2.38. The second kappa shape index (κ2) is 4.69. The van der Waals surface area contributed by atoms with Crippen LogP contribution < -0.4 is 5.73 Å². The topological polar surface area (TPSA) is 125 Å². The molecule has 8 nitrogen and oxygen atoms in total. The lowest BCUT2D eigenvalue weighted by Crippen LogP contribution is -2.49. The van der Waals surface area contributed by atoms with Crippen molar-refractivity contribution in [3.05, 3.63) is 35.9 Å². The predicted octanol–water partition coefficient (Wildman–Crippen LogP) is -0.539. The van der Waals surface area contributed by atoms with Crippen LogP contribution in [0.15, 0.2) is 39.9 Å². The van der Waals surface area contributed by atoms with E-state index < -0.39 is 27.7 Å². The van der Waals surface area contributed by atoms with Crippen molar-refractivity contribution in [2.24, 2.45) is 15.3 Å². The zero-order valence-electron chi connectivity index (χ0n) is 9.59. The van der Waals surface area contributed by atoms with Crippen LogP contribution in [0.25, 0.3) is 0 Å². The Morgan fingerprint density at radius 2 is 1.95 bits per heavy atom. The summed E-state index contributed by atoms with van der Waals surface area (Å²) in [5.74, 6) is -1.64. The lowest BCUT2D eigenvalue weighted by Gasteiger charge is -2.23.